The van der Waals surface area contributed by atoms with E-state index in [2.05, 4.69) is 27.7 Å². The minimum Gasteiger partial charge on any atom is -0.393 e. The zero-order valence-corrected chi connectivity index (χ0v) is 18.4. The number of hydrogen-bond acceptors (Lipinski definition) is 2. The van der Waals surface area contributed by atoms with Gasteiger partial charge in [-0.2, -0.15) is 0 Å². The van der Waals surface area contributed by atoms with Crippen LogP contribution in [0.25, 0.3) is 0 Å². The van der Waals surface area contributed by atoms with Gasteiger partial charge < -0.3 is 10.8 Å². The van der Waals surface area contributed by atoms with Crippen LogP contribution in [0.5, 0.6) is 0 Å². The molecule has 2 heteroatoms. The molecule has 4 rings (SSSR count). The fourth-order valence-electron chi connectivity index (χ4n) is 9.37. The summed E-state index contributed by atoms with van der Waals surface area (Å²) in [6.45, 7) is 11.0. The summed E-state index contributed by atoms with van der Waals surface area (Å²) in [6.07, 6.45) is 13.1. The van der Waals surface area contributed by atoms with E-state index in [4.69, 9.17) is 5.73 Å². The smallest absolute Gasteiger partial charge is 0.0543 e. The molecule has 0 heterocycles. The van der Waals surface area contributed by atoms with Gasteiger partial charge in [0.25, 0.3) is 0 Å². The number of aliphatic hydroxyl groups excluding tert-OH is 1. The maximum atomic E-state index is 10.4. The molecule has 0 spiro atoms. The molecule has 0 aliphatic heterocycles. The van der Waals surface area contributed by atoms with Crippen LogP contribution in [0.3, 0.4) is 0 Å². The second-order valence-corrected chi connectivity index (χ2v) is 11.6. The summed E-state index contributed by atoms with van der Waals surface area (Å²) in [4.78, 5) is 0. The Balaban J connectivity index is 1.61. The highest BCUT2D eigenvalue weighted by molar-refractivity contribution is 5.11. The summed E-state index contributed by atoms with van der Waals surface area (Å²) in [5, 5.41) is 10.4. The lowest BCUT2D eigenvalue weighted by Crippen LogP contribution is -2.56. The lowest BCUT2D eigenvalue weighted by atomic mass is 9.42. The van der Waals surface area contributed by atoms with Gasteiger partial charge in [0.1, 0.15) is 0 Å². The number of fused-ring (bicyclic) bond motifs is 5. The van der Waals surface area contributed by atoms with E-state index in [0.717, 1.165) is 60.8 Å². The van der Waals surface area contributed by atoms with Crippen molar-refractivity contribution in [2.24, 2.45) is 58.0 Å². The third kappa shape index (κ3) is 3.03. The van der Waals surface area contributed by atoms with E-state index in [-0.39, 0.29) is 6.10 Å². The van der Waals surface area contributed by atoms with Crippen molar-refractivity contribution in [3.05, 3.63) is 0 Å². The standard InChI is InChI=1S/C25H45NO/c1-5-17-14-19-21-7-6-20(16(2)10-13-26)24(21,3)12-9-22(19)25(4)11-8-18(27)15-23(17)25/h16-23,27H,5-15,26H2,1-4H3/t16-,17+,18-,19?,20-,21?,22+,23?,24?,25?/m1/s1. The molecular formula is C25H45NO. The molecule has 0 bridgehead atoms. The normalized spacial score (nSPS) is 53.3. The second-order valence-electron chi connectivity index (χ2n) is 11.6. The van der Waals surface area contributed by atoms with Gasteiger partial charge in [-0.25, -0.2) is 0 Å². The Hall–Kier alpha value is -0.0800. The molecule has 2 nitrogen and oxygen atoms in total. The molecule has 4 aliphatic carbocycles. The van der Waals surface area contributed by atoms with Gasteiger partial charge in [0, 0.05) is 0 Å². The third-order valence-corrected chi connectivity index (χ3v) is 10.7. The Kier molecular flexibility index (Phi) is 5.47. The SMILES string of the molecule is CC[C@H]1CC2C3CC[C@H]([C@H](C)CCN)C3(C)CC[C@@H]2C2(C)CC[C@@H](O)CC12. The zero-order chi connectivity index (χ0) is 19.4. The van der Waals surface area contributed by atoms with Crippen LogP contribution in [0.4, 0.5) is 0 Å². The maximum Gasteiger partial charge on any atom is 0.0543 e. The minimum atomic E-state index is -0.0319. The van der Waals surface area contributed by atoms with Gasteiger partial charge >= 0.3 is 0 Å². The minimum absolute atomic E-state index is 0.0319. The Morgan fingerprint density at radius 3 is 2.37 bits per heavy atom. The van der Waals surface area contributed by atoms with Crippen LogP contribution >= 0.6 is 0 Å². The molecule has 0 radical (unpaired) electrons. The average Bonchev–Trinajstić information content (AvgIpc) is 2.99. The molecule has 4 saturated carbocycles. The number of hydrogen-bond donors (Lipinski definition) is 2. The lowest BCUT2D eigenvalue weighted by molar-refractivity contribution is -0.152. The van der Waals surface area contributed by atoms with Crippen molar-refractivity contribution in [2.45, 2.75) is 98.0 Å². The molecule has 5 unspecified atom stereocenters. The van der Waals surface area contributed by atoms with E-state index < -0.39 is 0 Å². The van der Waals surface area contributed by atoms with Crippen LogP contribution in [-0.2, 0) is 0 Å². The molecular weight excluding hydrogens is 330 g/mol. The van der Waals surface area contributed by atoms with Gasteiger partial charge in [0.15, 0.2) is 0 Å². The monoisotopic (exact) mass is 375 g/mol. The van der Waals surface area contributed by atoms with Gasteiger partial charge in [0.2, 0.25) is 0 Å². The zero-order valence-electron chi connectivity index (χ0n) is 18.4. The van der Waals surface area contributed by atoms with Gasteiger partial charge in [-0.3, -0.25) is 0 Å². The van der Waals surface area contributed by atoms with E-state index >= 15 is 0 Å². The van der Waals surface area contributed by atoms with Crippen molar-refractivity contribution < 1.29 is 5.11 Å². The van der Waals surface area contributed by atoms with Crippen LogP contribution in [0.2, 0.25) is 0 Å². The van der Waals surface area contributed by atoms with Crippen LogP contribution in [0.15, 0.2) is 0 Å². The summed E-state index contributed by atoms with van der Waals surface area (Å²) >= 11 is 0. The molecule has 4 fully saturated rings. The lowest BCUT2D eigenvalue weighted by Gasteiger charge is -2.63. The second kappa shape index (κ2) is 7.31. The van der Waals surface area contributed by atoms with E-state index in [1.165, 1.54) is 51.4 Å². The molecule has 27 heavy (non-hydrogen) atoms. The van der Waals surface area contributed by atoms with Crippen LogP contribution in [0, 0.1) is 52.3 Å². The molecule has 0 aromatic rings. The summed E-state index contributed by atoms with van der Waals surface area (Å²) < 4.78 is 0. The molecule has 10 atom stereocenters. The van der Waals surface area contributed by atoms with Gasteiger partial charge in [-0.1, -0.05) is 34.1 Å². The van der Waals surface area contributed by atoms with Crippen LogP contribution in [-0.4, -0.2) is 17.8 Å². The van der Waals surface area contributed by atoms with E-state index in [0.29, 0.717) is 10.8 Å². The molecule has 156 valence electrons. The maximum absolute atomic E-state index is 10.4. The first kappa shape index (κ1) is 20.2. The fraction of sp³-hybridized carbons (Fsp3) is 1.00. The first-order chi connectivity index (χ1) is 12.8. The van der Waals surface area contributed by atoms with Gasteiger partial charge in [-0.15, -0.1) is 0 Å². The van der Waals surface area contributed by atoms with E-state index in [9.17, 15) is 5.11 Å². The Labute approximate surface area is 168 Å². The topological polar surface area (TPSA) is 46.2 Å². The first-order valence-electron chi connectivity index (χ1n) is 12.2. The van der Waals surface area contributed by atoms with Crippen molar-refractivity contribution in [2.75, 3.05) is 6.54 Å². The Bertz CT molecular complexity index is 534. The fourth-order valence-corrected chi connectivity index (χ4v) is 9.37. The number of rotatable bonds is 4. The molecule has 0 amide bonds. The van der Waals surface area contributed by atoms with Crippen LogP contribution < -0.4 is 5.73 Å². The van der Waals surface area contributed by atoms with Gasteiger partial charge in [0.05, 0.1) is 6.10 Å². The molecule has 3 N–H and O–H groups in total. The van der Waals surface area contributed by atoms with Crippen molar-refractivity contribution in [1.29, 1.82) is 0 Å². The largest absolute Gasteiger partial charge is 0.393 e. The van der Waals surface area contributed by atoms with Gasteiger partial charge in [-0.05, 0) is 117 Å². The highest BCUT2D eigenvalue weighted by Gasteiger charge is 2.62. The van der Waals surface area contributed by atoms with Crippen molar-refractivity contribution in [3.63, 3.8) is 0 Å². The van der Waals surface area contributed by atoms with Crippen molar-refractivity contribution in [3.8, 4) is 0 Å². The number of nitrogens with two attached hydrogens (primary N) is 1. The first-order valence-corrected chi connectivity index (χ1v) is 12.2. The molecule has 4 aliphatic rings. The summed E-state index contributed by atoms with van der Waals surface area (Å²) in [5.74, 6) is 6.10. The van der Waals surface area contributed by atoms with E-state index in [1.54, 1.807) is 0 Å². The summed E-state index contributed by atoms with van der Waals surface area (Å²) in [7, 11) is 0. The quantitative estimate of drug-likeness (QED) is 0.669. The van der Waals surface area contributed by atoms with Crippen molar-refractivity contribution in [1.82, 2.24) is 0 Å². The molecule has 0 aromatic carbocycles. The van der Waals surface area contributed by atoms with Crippen molar-refractivity contribution >= 4 is 0 Å². The summed E-state index contributed by atoms with van der Waals surface area (Å²) in [6, 6.07) is 0. The summed E-state index contributed by atoms with van der Waals surface area (Å²) in [5.41, 5.74) is 6.98. The number of aliphatic hydroxyl groups is 1. The van der Waals surface area contributed by atoms with E-state index in [1.807, 2.05) is 0 Å². The third-order valence-electron chi connectivity index (χ3n) is 10.7. The van der Waals surface area contributed by atoms with Crippen LogP contribution in [0.1, 0.15) is 91.9 Å². The molecule has 0 aromatic heterocycles. The highest BCUT2D eigenvalue weighted by atomic mass is 16.3. The average molecular weight is 376 g/mol. The Morgan fingerprint density at radius 2 is 1.67 bits per heavy atom. The highest BCUT2D eigenvalue weighted by Crippen LogP contribution is 2.69. The predicted molar refractivity (Wildman–Crippen MR) is 113 cm³/mol. The molecule has 0 saturated heterocycles. The Morgan fingerprint density at radius 1 is 0.963 bits per heavy atom. The predicted octanol–water partition coefficient (Wildman–Crippen LogP) is 5.63.